The van der Waals surface area contributed by atoms with Crippen molar-refractivity contribution in [3.8, 4) is 0 Å². The molecule has 0 radical (unpaired) electrons. The Morgan fingerprint density at radius 1 is 0.786 bits per heavy atom. The van der Waals surface area contributed by atoms with E-state index in [2.05, 4.69) is 27.4 Å². The van der Waals surface area contributed by atoms with E-state index >= 15 is 0 Å². The standard InChI is InChI=1S/C5H12.C5H10.2C2H6/c2*1-3-5-4-2;2*1-2/h3-5H2,1-2H3;3H,1,4-5H2,2H3;2*1-2H3. The number of allylic oxidation sites excluding steroid dienone is 1. The molecule has 0 aliphatic carbocycles. The summed E-state index contributed by atoms with van der Waals surface area (Å²) in [5, 5.41) is 0. The molecule has 0 fully saturated rings. The minimum Gasteiger partial charge on any atom is -0.103 e. The molecule has 0 rings (SSSR count). The van der Waals surface area contributed by atoms with Crippen LogP contribution in [0.25, 0.3) is 0 Å². The molecule has 0 atom stereocenters. The van der Waals surface area contributed by atoms with E-state index in [1.165, 1.54) is 25.7 Å². The van der Waals surface area contributed by atoms with Gasteiger partial charge in [-0.25, -0.2) is 0 Å². The molecule has 0 amide bonds. The highest BCUT2D eigenvalue weighted by Crippen LogP contribution is 1.88. The molecule has 0 spiro atoms. The van der Waals surface area contributed by atoms with Crippen molar-refractivity contribution in [3.63, 3.8) is 0 Å². The van der Waals surface area contributed by atoms with E-state index in [1.807, 2.05) is 33.8 Å². The van der Waals surface area contributed by atoms with Crippen LogP contribution in [0.5, 0.6) is 0 Å². The van der Waals surface area contributed by atoms with Crippen molar-refractivity contribution in [2.24, 2.45) is 0 Å². The van der Waals surface area contributed by atoms with E-state index in [-0.39, 0.29) is 0 Å². The predicted octanol–water partition coefficient (Wildman–Crippen LogP) is 6.22. The number of hydrogen-bond donors (Lipinski definition) is 0. The first kappa shape index (κ1) is 23.5. The Morgan fingerprint density at radius 3 is 1.14 bits per heavy atom. The zero-order valence-corrected chi connectivity index (χ0v) is 11.8. The van der Waals surface area contributed by atoms with Gasteiger partial charge in [-0.1, -0.05) is 80.2 Å². The monoisotopic (exact) mass is 202 g/mol. The van der Waals surface area contributed by atoms with Crippen LogP contribution in [-0.2, 0) is 0 Å². The highest BCUT2D eigenvalue weighted by molar-refractivity contribution is 4.63. The maximum atomic E-state index is 3.55. The van der Waals surface area contributed by atoms with Crippen LogP contribution in [0, 0.1) is 0 Å². The largest absolute Gasteiger partial charge is 0.103 e. The minimum atomic E-state index is 1.15. The van der Waals surface area contributed by atoms with Crippen molar-refractivity contribution in [2.45, 2.75) is 80.6 Å². The van der Waals surface area contributed by atoms with Crippen LogP contribution in [0.3, 0.4) is 0 Å². The number of unbranched alkanes of at least 4 members (excludes halogenated alkanes) is 3. The Kier molecular flexibility index (Phi) is 89.5. The van der Waals surface area contributed by atoms with Gasteiger partial charge in [0.2, 0.25) is 0 Å². The van der Waals surface area contributed by atoms with Gasteiger partial charge in [0.15, 0.2) is 0 Å². The van der Waals surface area contributed by atoms with E-state index in [9.17, 15) is 0 Å². The lowest BCUT2D eigenvalue weighted by molar-refractivity contribution is 0.772. The summed E-state index contributed by atoms with van der Waals surface area (Å²) < 4.78 is 0. The molecule has 0 heteroatoms. The lowest BCUT2D eigenvalue weighted by atomic mass is 10.3. The van der Waals surface area contributed by atoms with E-state index < -0.39 is 0 Å². The minimum absolute atomic E-state index is 1.15. The fraction of sp³-hybridized carbons (Fsp3) is 0.857. The van der Waals surface area contributed by atoms with Crippen molar-refractivity contribution in [2.75, 3.05) is 0 Å². The lowest BCUT2D eigenvalue weighted by Crippen LogP contribution is -1.59. The molecule has 0 heterocycles. The molecule has 0 N–H and O–H groups in total. The molecule has 0 saturated heterocycles. The first-order chi connectivity index (χ1) is 6.83. The van der Waals surface area contributed by atoms with E-state index in [0.717, 1.165) is 6.42 Å². The highest BCUT2D eigenvalue weighted by Gasteiger charge is 1.68. The second-order valence-electron chi connectivity index (χ2n) is 2.43. The molecule has 0 saturated carbocycles. The van der Waals surface area contributed by atoms with Gasteiger partial charge < -0.3 is 0 Å². The summed E-state index contributed by atoms with van der Waals surface area (Å²) in [6, 6.07) is 0. The molecule has 0 aliphatic rings. The quantitative estimate of drug-likeness (QED) is 0.475. The predicted molar refractivity (Wildman–Crippen MR) is 73.0 cm³/mol. The van der Waals surface area contributed by atoms with Crippen LogP contribution in [0.1, 0.15) is 80.6 Å². The Balaban J connectivity index is -0.0000000528. The van der Waals surface area contributed by atoms with Gasteiger partial charge in [-0.3, -0.25) is 0 Å². The summed E-state index contributed by atoms with van der Waals surface area (Å²) >= 11 is 0. The second kappa shape index (κ2) is 53.3. The number of hydrogen-bond acceptors (Lipinski definition) is 0. The second-order valence-corrected chi connectivity index (χ2v) is 2.43. The molecular weight excluding hydrogens is 168 g/mol. The molecule has 0 unspecified atom stereocenters. The van der Waals surface area contributed by atoms with Crippen molar-refractivity contribution in [3.05, 3.63) is 12.7 Å². The van der Waals surface area contributed by atoms with Crippen LogP contribution in [0.15, 0.2) is 12.7 Å². The summed E-state index contributed by atoms with van der Waals surface area (Å²) in [4.78, 5) is 0. The van der Waals surface area contributed by atoms with Crippen molar-refractivity contribution < 1.29 is 0 Å². The average molecular weight is 202 g/mol. The normalized spacial score (nSPS) is 6.50. The first-order valence-corrected chi connectivity index (χ1v) is 6.44. The maximum absolute atomic E-state index is 3.55. The SMILES string of the molecule is C=CCCC.CC.CC.CCCCC. The van der Waals surface area contributed by atoms with Gasteiger partial charge in [-0.2, -0.15) is 0 Å². The molecule has 0 aromatic heterocycles. The fourth-order valence-electron chi connectivity index (χ4n) is 0.558. The molecule has 90 valence electrons. The molecule has 0 aromatic rings. The zero-order chi connectivity index (χ0) is 12.2. The Hall–Kier alpha value is -0.260. The van der Waals surface area contributed by atoms with Gasteiger partial charge in [-0.15, -0.1) is 6.58 Å². The van der Waals surface area contributed by atoms with Gasteiger partial charge in [-0.05, 0) is 6.42 Å². The van der Waals surface area contributed by atoms with Crippen LogP contribution < -0.4 is 0 Å². The van der Waals surface area contributed by atoms with E-state index in [1.54, 1.807) is 0 Å². The van der Waals surface area contributed by atoms with Gasteiger partial charge in [0.25, 0.3) is 0 Å². The van der Waals surface area contributed by atoms with Gasteiger partial charge in [0.1, 0.15) is 0 Å². The van der Waals surface area contributed by atoms with Crippen molar-refractivity contribution in [1.29, 1.82) is 0 Å². The summed E-state index contributed by atoms with van der Waals surface area (Å²) in [6.07, 6.45) is 8.39. The first-order valence-electron chi connectivity index (χ1n) is 6.44. The van der Waals surface area contributed by atoms with Gasteiger partial charge in [0.05, 0.1) is 0 Å². The number of rotatable bonds is 4. The Labute approximate surface area is 93.8 Å². The third-order valence-corrected chi connectivity index (χ3v) is 1.20. The molecule has 0 nitrogen and oxygen atoms in total. The third kappa shape index (κ3) is 96.8. The smallest absolute Gasteiger partial charge is 0.0356 e. The summed E-state index contributed by atoms with van der Waals surface area (Å²) in [5.74, 6) is 0. The van der Waals surface area contributed by atoms with Crippen LogP contribution in [-0.4, -0.2) is 0 Å². The summed E-state index contributed by atoms with van der Waals surface area (Å²) in [7, 11) is 0. The van der Waals surface area contributed by atoms with E-state index in [4.69, 9.17) is 0 Å². The average Bonchev–Trinajstić information content (AvgIpc) is 2.27. The Bertz CT molecular complexity index is 44.0. The molecule has 0 aromatic carbocycles. The van der Waals surface area contributed by atoms with Crippen molar-refractivity contribution in [1.82, 2.24) is 0 Å². The lowest BCUT2D eigenvalue weighted by Gasteiger charge is -1.79. The van der Waals surface area contributed by atoms with Crippen molar-refractivity contribution >= 4 is 0 Å². The van der Waals surface area contributed by atoms with Gasteiger partial charge in [0, 0.05) is 0 Å². The molecule has 0 bridgehead atoms. The highest BCUT2D eigenvalue weighted by atomic mass is 13.7. The Morgan fingerprint density at radius 2 is 1.14 bits per heavy atom. The van der Waals surface area contributed by atoms with Gasteiger partial charge >= 0.3 is 0 Å². The van der Waals surface area contributed by atoms with Crippen LogP contribution in [0.4, 0.5) is 0 Å². The van der Waals surface area contributed by atoms with Crippen LogP contribution in [0.2, 0.25) is 0 Å². The zero-order valence-electron chi connectivity index (χ0n) is 11.8. The van der Waals surface area contributed by atoms with Crippen LogP contribution >= 0.6 is 0 Å². The van der Waals surface area contributed by atoms with E-state index in [0.29, 0.717) is 0 Å². The summed E-state index contributed by atoms with van der Waals surface area (Å²) in [5.41, 5.74) is 0. The maximum Gasteiger partial charge on any atom is -0.0356 e. The topological polar surface area (TPSA) is 0 Å². The summed E-state index contributed by atoms with van der Waals surface area (Å²) in [6.45, 7) is 18.1. The molecular formula is C14H34. The third-order valence-electron chi connectivity index (χ3n) is 1.20. The molecule has 14 heavy (non-hydrogen) atoms. The molecule has 0 aliphatic heterocycles. The fourth-order valence-corrected chi connectivity index (χ4v) is 0.558.